The van der Waals surface area contributed by atoms with Gasteiger partial charge in [-0.2, -0.15) is 0 Å². The molecular formula is C16H37N3Si. The molecule has 1 saturated heterocycles. The Morgan fingerprint density at radius 3 is 1.90 bits per heavy atom. The highest BCUT2D eigenvalue weighted by Gasteiger charge is 2.32. The highest BCUT2D eigenvalue weighted by molar-refractivity contribution is 6.75. The minimum atomic E-state index is -1.38. The molecule has 20 heavy (non-hydrogen) atoms. The molecule has 0 saturated carbocycles. The second-order valence-electron chi connectivity index (χ2n) is 8.47. The molecular weight excluding hydrogens is 262 g/mol. The van der Waals surface area contributed by atoms with E-state index in [-0.39, 0.29) is 5.54 Å². The van der Waals surface area contributed by atoms with Gasteiger partial charge in [0.05, 0.1) is 0 Å². The van der Waals surface area contributed by atoms with Gasteiger partial charge in [0.2, 0.25) is 0 Å². The maximum atomic E-state index is 4.00. The first kappa shape index (κ1) is 18.1. The average molecular weight is 300 g/mol. The molecule has 4 atom stereocenters. The third kappa shape index (κ3) is 6.70. The van der Waals surface area contributed by atoms with Crippen molar-refractivity contribution >= 4 is 8.24 Å². The Hall–Kier alpha value is 0.0969. The van der Waals surface area contributed by atoms with E-state index in [0.29, 0.717) is 24.2 Å². The predicted octanol–water partition coefficient (Wildman–Crippen LogP) is 3.09. The Balaban J connectivity index is 2.83. The van der Waals surface area contributed by atoms with Gasteiger partial charge in [-0.3, -0.25) is 0 Å². The third-order valence-corrected chi connectivity index (χ3v) is 7.14. The monoisotopic (exact) mass is 299 g/mol. The lowest BCUT2D eigenvalue weighted by Gasteiger charge is -2.40. The van der Waals surface area contributed by atoms with Gasteiger partial charge in [0.25, 0.3) is 0 Å². The lowest BCUT2D eigenvalue weighted by Crippen LogP contribution is -2.60. The first-order valence-corrected chi connectivity index (χ1v) is 11.5. The molecule has 1 aliphatic heterocycles. The molecule has 4 heteroatoms. The maximum Gasteiger partial charge on any atom is 0.121 e. The van der Waals surface area contributed by atoms with E-state index < -0.39 is 8.24 Å². The Kier molecular flexibility index (Phi) is 6.26. The summed E-state index contributed by atoms with van der Waals surface area (Å²) in [5.74, 6) is 0. The first-order valence-electron chi connectivity index (χ1n) is 8.30. The summed E-state index contributed by atoms with van der Waals surface area (Å²) in [5.41, 5.74) is 0.215. The maximum absolute atomic E-state index is 4.00. The summed E-state index contributed by atoms with van der Waals surface area (Å²) in [6.07, 6.45) is 2.38. The zero-order valence-electron chi connectivity index (χ0n) is 14.9. The summed E-state index contributed by atoms with van der Waals surface area (Å²) in [7, 11) is -1.38. The van der Waals surface area contributed by atoms with Crippen molar-refractivity contribution in [1.82, 2.24) is 15.6 Å². The standard InChI is InChI=1S/C16H37N3Si/c1-12-9-13(2)18-15(4)11-20(7,8)19-16(5,6)10-14(3)17-12/h12-15,17-19H,9-11H2,1-8H3. The summed E-state index contributed by atoms with van der Waals surface area (Å²) in [4.78, 5) is 4.00. The fourth-order valence-electron chi connectivity index (χ4n) is 4.30. The normalized spacial score (nSPS) is 39.6. The Labute approximate surface area is 127 Å². The summed E-state index contributed by atoms with van der Waals surface area (Å²) in [6, 6.07) is 3.59. The molecule has 0 aromatic carbocycles. The van der Waals surface area contributed by atoms with E-state index in [1.165, 1.54) is 18.9 Å². The van der Waals surface area contributed by atoms with Crippen LogP contribution in [-0.2, 0) is 0 Å². The lowest BCUT2D eigenvalue weighted by molar-refractivity contribution is 0.314. The second-order valence-corrected chi connectivity index (χ2v) is 12.9. The van der Waals surface area contributed by atoms with Crippen molar-refractivity contribution in [2.75, 3.05) is 0 Å². The van der Waals surface area contributed by atoms with Crippen LogP contribution in [0, 0.1) is 0 Å². The third-order valence-electron chi connectivity index (χ3n) is 4.15. The molecule has 1 rings (SSSR count). The number of nitrogens with one attached hydrogen (secondary N) is 3. The van der Waals surface area contributed by atoms with Crippen LogP contribution in [0.25, 0.3) is 0 Å². The number of rotatable bonds is 0. The highest BCUT2D eigenvalue weighted by atomic mass is 28.3. The SMILES string of the molecule is CC1CC(C)NC(C)C[Si](C)(C)NC(C)(C)CC(C)N1. The molecule has 0 bridgehead atoms. The molecule has 4 unspecified atom stereocenters. The van der Waals surface area contributed by atoms with Gasteiger partial charge in [-0.05, 0) is 60.4 Å². The molecule has 1 fully saturated rings. The van der Waals surface area contributed by atoms with Crippen LogP contribution in [0.15, 0.2) is 0 Å². The van der Waals surface area contributed by atoms with Crippen LogP contribution in [-0.4, -0.2) is 37.9 Å². The van der Waals surface area contributed by atoms with Crippen LogP contribution in [0.2, 0.25) is 19.1 Å². The minimum Gasteiger partial charge on any atom is -0.332 e. The van der Waals surface area contributed by atoms with Gasteiger partial charge in [0, 0.05) is 29.7 Å². The first-order chi connectivity index (χ1) is 8.99. The van der Waals surface area contributed by atoms with Gasteiger partial charge in [-0.25, -0.2) is 0 Å². The Morgan fingerprint density at radius 2 is 1.35 bits per heavy atom. The largest absolute Gasteiger partial charge is 0.332 e. The molecule has 0 aromatic rings. The van der Waals surface area contributed by atoms with E-state index >= 15 is 0 Å². The molecule has 0 aliphatic carbocycles. The van der Waals surface area contributed by atoms with E-state index in [0.717, 1.165) is 0 Å². The summed E-state index contributed by atoms with van der Waals surface area (Å²) < 4.78 is 0. The Bertz CT molecular complexity index is 276. The van der Waals surface area contributed by atoms with Crippen molar-refractivity contribution in [3.8, 4) is 0 Å². The van der Waals surface area contributed by atoms with E-state index in [4.69, 9.17) is 0 Å². The van der Waals surface area contributed by atoms with E-state index in [1.54, 1.807) is 0 Å². The molecule has 0 radical (unpaired) electrons. The van der Waals surface area contributed by atoms with Crippen molar-refractivity contribution in [2.45, 2.75) is 103 Å². The van der Waals surface area contributed by atoms with Gasteiger partial charge in [-0.1, -0.05) is 13.1 Å². The molecule has 1 aliphatic rings. The van der Waals surface area contributed by atoms with Gasteiger partial charge >= 0.3 is 0 Å². The van der Waals surface area contributed by atoms with Crippen LogP contribution < -0.4 is 15.6 Å². The lowest BCUT2D eigenvalue weighted by atomic mass is 9.96. The van der Waals surface area contributed by atoms with Gasteiger partial charge in [0.1, 0.15) is 8.24 Å². The summed E-state index contributed by atoms with van der Waals surface area (Å²) in [5, 5.41) is 7.54. The molecule has 1 heterocycles. The molecule has 120 valence electrons. The van der Waals surface area contributed by atoms with Gasteiger partial charge in [0.15, 0.2) is 0 Å². The van der Waals surface area contributed by atoms with Crippen molar-refractivity contribution in [2.24, 2.45) is 0 Å². The molecule has 0 spiro atoms. The fraction of sp³-hybridized carbons (Fsp3) is 1.00. The van der Waals surface area contributed by atoms with Crippen LogP contribution in [0.3, 0.4) is 0 Å². The predicted molar refractivity (Wildman–Crippen MR) is 92.9 cm³/mol. The molecule has 0 aromatic heterocycles. The van der Waals surface area contributed by atoms with E-state index in [9.17, 15) is 0 Å². The zero-order chi connectivity index (χ0) is 15.6. The molecule has 3 nitrogen and oxygen atoms in total. The zero-order valence-corrected chi connectivity index (χ0v) is 15.9. The van der Waals surface area contributed by atoms with Crippen molar-refractivity contribution in [3.05, 3.63) is 0 Å². The summed E-state index contributed by atoms with van der Waals surface area (Å²) in [6.45, 7) is 18.9. The van der Waals surface area contributed by atoms with Crippen LogP contribution in [0.5, 0.6) is 0 Å². The van der Waals surface area contributed by atoms with E-state index in [2.05, 4.69) is 70.3 Å². The molecule has 0 amide bonds. The smallest absolute Gasteiger partial charge is 0.121 e. The minimum absolute atomic E-state index is 0.215. The van der Waals surface area contributed by atoms with E-state index in [1.807, 2.05) is 0 Å². The number of hydrogen-bond acceptors (Lipinski definition) is 3. The van der Waals surface area contributed by atoms with Gasteiger partial charge in [-0.15, -0.1) is 0 Å². The highest BCUT2D eigenvalue weighted by Crippen LogP contribution is 2.20. The van der Waals surface area contributed by atoms with Crippen molar-refractivity contribution in [1.29, 1.82) is 0 Å². The van der Waals surface area contributed by atoms with Crippen LogP contribution in [0.4, 0.5) is 0 Å². The van der Waals surface area contributed by atoms with Gasteiger partial charge < -0.3 is 15.6 Å². The fourth-order valence-corrected chi connectivity index (χ4v) is 7.99. The van der Waals surface area contributed by atoms with Crippen molar-refractivity contribution in [3.63, 3.8) is 0 Å². The topological polar surface area (TPSA) is 36.1 Å². The second kappa shape index (κ2) is 6.90. The average Bonchev–Trinajstić information content (AvgIpc) is 2.08. The summed E-state index contributed by atoms with van der Waals surface area (Å²) >= 11 is 0. The van der Waals surface area contributed by atoms with Crippen LogP contribution >= 0.6 is 0 Å². The molecule has 3 N–H and O–H groups in total. The Morgan fingerprint density at radius 1 is 0.850 bits per heavy atom. The number of hydrogen-bond donors (Lipinski definition) is 3. The quantitative estimate of drug-likeness (QED) is 0.602. The van der Waals surface area contributed by atoms with Crippen molar-refractivity contribution < 1.29 is 0 Å². The van der Waals surface area contributed by atoms with Crippen LogP contribution in [0.1, 0.15) is 54.4 Å².